The normalized spacial score (nSPS) is 26.2. The number of fused-ring (bicyclic) bond motifs is 2. The Morgan fingerprint density at radius 3 is 2.23 bits per heavy atom. The molecule has 30 heavy (non-hydrogen) atoms. The molecule has 0 aliphatic heterocycles. The molecular weight excluding hydrogens is 360 g/mol. The minimum absolute atomic E-state index is 0.762. The summed E-state index contributed by atoms with van der Waals surface area (Å²) in [7, 11) is 0. The van der Waals surface area contributed by atoms with Crippen molar-refractivity contribution in [1.29, 1.82) is 0 Å². The van der Waals surface area contributed by atoms with Gasteiger partial charge in [0.1, 0.15) is 0 Å². The fourth-order valence-corrected chi connectivity index (χ4v) is 5.66. The summed E-state index contributed by atoms with van der Waals surface area (Å²) in [5, 5.41) is 0. The van der Waals surface area contributed by atoms with Crippen LogP contribution < -0.4 is 0 Å². The Kier molecular flexibility index (Phi) is 9.89. The lowest BCUT2D eigenvalue weighted by atomic mass is 9.55. The van der Waals surface area contributed by atoms with Crippen LogP contribution >= 0.6 is 0 Å². The van der Waals surface area contributed by atoms with Crippen molar-refractivity contribution >= 4 is 0 Å². The quantitative estimate of drug-likeness (QED) is 0.430. The van der Waals surface area contributed by atoms with Crippen LogP contribution in [-0.2, 0) is 12.8 Å². The van der Waals surface area contributed by atoms with Crippen LogP contribution in [-0.4, -0.2) is 0 Å². The van der Waals surface area contributed by atoms with E-state index in [9.17, 15) is 0 Å². The third kappa shape index (κ3) is 6.34. The number of benzene rings is 1. The number of hydrogen-bond donors (Lipinski definition) is 0. The highest BCUT2D eigenvalue weighted by molar-refractivity contribution is 5.32. The van der Waals surface area contributed by atoms with E-state index in [0.29, 0.717) is 0 Å². The lowest BCUT2D eigenvalue weighted by molar-refractivity contribution is 0.0462. The van der Waals surface area contributed by atoms with E-state index in [0.717, 1.165) is 36.5 Å². The van der Waals surface area contributed by atoms with Gasteiger partial charge in [-0.3, -0.25) is 0 Å². The Labute approximate surface area is 186 Å². The maximum Gasteiger partial charge on any atom is -0.0117 e. The second-order valence-corrected chi connectivity index (χ2v) is 9.57. The number of rotatable bonds is 5. The lowest BCUT2D eigenvalue weighted by Gasteiger charge is -2.50. The van der Waals surface area contributed by atoms with Gasteiger partial charge in [-0.1, -0.05) is 86.9 Å². The minimum Gasteiger partial charge on any atom is -0.106 e. The summed E-state index contributed by atoms with van der Waals surface area (Å²) in [4.78, 5) is 0. The first-order valence-electron chi connectivity index (χ1n) is 12.1. The molecule has 3 aliphatic carbocycles. The van der Waals surface area contributed by atoms with E-state index >= 15 is 0 Å². The number of aryl methyl sites for hydroxylation is 1. The van der Waals surface area contributed by atoms with E-state index in [1.54, 1.807) is 16.7 Å². The molecule has 4 rings (SSSR count). The van der Waals surface area contributed by atoms with E-state index in [1.165, 1.54) is 62.5 Å². The largest absolute Gasteiger partial charge is 0.106 e. The van der Waals surface area contributed by atoms with Crippen LogP contribution in [0.4, 0.5) is 0 Å². The predicted octanol–water partition coefficient (Wildman–Crippen LogP) is 8.90. The number of allylic oxidation sites excluding steroid dienone is 3. The Bertz CT molecular complexity index is 721. The third-order valence-corrected chi connectivity index (χ3v) is 7.44. The minimum atomic E-state index is 0.762. The van der Waals surface area contributed by atoms with Crippen molar-refractivity contribution in [3.05, 3.63) is 85.0 Å². The zero-order chi connectivity index (χ0) is 22.1. The molecule has 0 heterocycles. The molecule has 164 valence electrons. The number of hydrogen-bond acceptors (Lipinski definition) is 0. The van der Waals surface area contributed by atoms with E-state index < -0.39 is 0 Å². The van der Waals surface area contributed by atoms with Gasteiger partial charge in [0.15, 0.2) is 0 Å². The zero-order valence-corrected chi connectivity index (χ0v) is 19.7. The second-order valence-electron chi connectivity index (χ2n) is 9.57. The van der Waals surface area contributed by atoms with E-state index in [2.05, 4.69) is 64.1 Å². The smallest absolute Gasteiger partial charge is 0.0117 e. The van der Waals surface area contributed by atoms with Crippen LogP contribution in [0.1, 0.15) is 76.3 Å². The zero-order valence-electron chi connectivity index (χ0n) is 19.7. The van der Waals surface area contributed by atoms with Crippen molar-refractivity contribution in [2.24, 2.45) is 23.7 Å². The summed E-state index contributed by atoms with van der Waals surface area (Å²) in [6.45, 7) is 22.3. The average Bonchev–Trinajstić information content (AvgIpc) is 2.75. The molecule has 3 aliphatic rings. The first kappa shape index (κ1) is 24.4. The fraction of sp³-hybridized carbons (Fsp3) is 0.533. The van der Waals surface area contributed by atoms with Crippen LogP contribution in [0.2, 0.25) is 0 Å². The Morgan fingerprint density at radius 1 is 0.967 bits per heavy atom. The van der Waals surface area contributed by atoms with Crippen LogP contribution in [0.3, 0.4) is 0 Å². The van der Waals surface area contributed by atoms with Crippen LogP contribution in [0.5, 0.6) is 0 Å². The molecule has 1 aromatic carbocycles. The molecule has 4 atom stereocenters. The highest BCUT2D eigenvalue weighted by Crippen LogP contribution is 2.54. The monoisotopic (exact) mass is 404 g/mol. The van der Waals surface area contributed by atoms with Gasteiger partial charge in [-0.2, -0.15) is 0 Å². The summed E-state index contributed by atoms with van der Waals surface area (Å²) in [5.41, 5.74) is 7.27. The second kappa shape index (κ2) is 12.1. The van der Waals surface area contributed by atoms with Gasteiger partial charge in [0.05, 0.1) is 0 Å². The maximum absolute atomic E-state index is 4.56. The summed E-state index contributed by atoms with van der Waals surface area (Å²) in [6, 6.07) is 9.03. The van der Waals surface area contributed by atoms with Crippen molar-refractivity contribution in [3.63, 3.8) is 0 Å². The van der Waals surface area contributed by atoms with Gasteiger partial charge < -0.3 is 0 Å². The molecule has 0 N–H and O–H groups in total. The molecule has 2 fully saturated rings. The highest BCUT2D eigenvalue weighted by atomic mass is 14.5. The molecular formula is C30H44. The van der Waals surface area contributed by atoms with Crippen molar-refractivity contribution in [1.82, 2.24) is 0 Å². The Morgan fingerprint density at radius 2 is 1.63 bits per heavy atom. The van der Waals surface area contributed by atoms with Crippen molar-refractivity contribution in [3.8, 4) is 0 Å². The molecule has 2 saturated carbocycles. The fourth-order valence-electron chi connectivity index (χ4n) is 5.66. The summed E-state index contributed by atoms with van der Waals surface area (Å²) < 4.78 is 0. The Hall–Kier alpha value is -1.82. The van der Waals surface area contributed by atoms with Crippen LogP contribution in [0, 0.1) is 23.7 Å². The highest BCUT2D eigenvalue weighted by Gasteiger charge is 2.44. The maximum atomic E-state index is 4.56. The van der Waals surface area contributed by atoms with Crippen molar-refractivity contribution < 1.29 is 0 Å². The molecule has 4 unspecified atom stereocenters. The van der Waals surface area contributed by atoms with Crippen molar-refractivity contribution in [2.75, 3.05) is 0 Å². The summed E-state index contributed by atoms with van der Waals surface area (Å²) in [5.74, 6) is 3.70. The molecule has 0 saturated heterocycles. The lowest BCUT2D eigenvalue weighted by Crippen LogP contribution is -2.41. The average molecular weight is 405 g/mol. The van der Waals surface area contributed by atoms with Crippen LogP contribution in [0.15, 0.2) is 73.9 Å². The molecule has 0 bridgehead atoms. The topological polar surface area (TPSA) is 0 Å². The summed E-state index contributed by atoms with van der Waals surface area (Å²) >= 11 is 0. The molecule has 0 amide bonds. The molecule has 0 heteroatoms. The predicted molar refractivity (Wildman–Crippen MR) is 135 cm³/mol. The van der Waals surface area contributed by atoms with Crippen molar-refractivity contribution in [2.45, 2.75) is 78.1 Å². The van der Waals surface area contributed by atoms with Gasteiger partial charge in [-0.25, -0.2) is 0 Å². The standard InChI is InChI=1S/C20H26.C8H14.C2H4/c1-14(20-13-18-8-4-5-9-19(18)20)16-11-10-15-6-2-3-7-17(15)12-16;1-5-8(4)6-7(2)3;1-2/h2-3,6-7,16,18-20H,1,4-5,8-13H2;2,4-6H2,1,3H3;1-2H2. The van der Waals surface area contributed by atoms with Crippen LogP contribution in [0.25, 0.3) is 0 Å². The van der Waals surface area contributed by atoms with Gasteiger partial charge in [-0.05, 0) is 86.7 Å². The molecule has 0 spiro atoms. The SMILES string of the molecule is C=C.C=C(C)CC(=C)CC.C=C(C1CCc2ccccc2C1)C1CC2CCCCC21. The van der Waals surface area contributed by atoms with Gasteiger partial charge in [0.2, 0.25) is 0 Å². The van der Waals surface area contributed by atoms with Gasteiger partial charge in [-0.15, -0.1) is 13.2 Å². The van der Waals surface area contributed by atoms with Gasteiger partial charge in [0, 0.05) is 0 Å². The van der Waals surface area contributed by atoms with Gasteiger partial charge >= 0.3 is 0 Å². The molecule has 0 aromatic heterocycles. The van der Waals surface area contributed by atoms with E-state index in [-0.39, 0.29) is 0 Å². The molecule has 0 radical (unpaired) electrons. The van der Waals surface area contributed by atoms with E-state index in [1.807, 2.05) is 6.92 Å². The molecule has 1 aromatic rings. The Balaban J connectivity index is 0.000000274. The summed E-state index contributed by atoms with van der Waals surface area (Å²) in [6.07, 6.45) is 13.3. The van der Waals surface area contributed by atoms with E-state index in [4.69, 9.17) is 0 Å². The molecule has 0 nitrogen and oxygen atoms in total. The first-order valence-corrected chi connectivity index (χ1v) is 12.1. The van der Waals surface area contributed by atoms with Gasteiger partial charge in [0.25, 0.3) is 0 Å². The first-order chi connectivity index (χ1) is 14.5. The third-order valence-electron chi connectivity index (χ3n) is 7.44.